The minimum absolute atomic E-state index is 0.324. The Labute approximate surface area is 119 Å². The second-order valence-corrected chi connectivity index (χ2v) is 6.07. The number of H-pyrrole nitrogens is 1. The molecule has 0 aliphatic carbocycles. The number of hydrogen-bond donors (Lipinski definition) is 1. The van der Waals surface area contributed by atoms with Gasteiger partial charge in [-0.15, -0.1) is 10.3 Å². The Morgan fingerprint density at radius 3 is 2.45 bits per heavy atom. The van der Waals surface area contributed by atoms with Crippen LogP contribution in [0.3, 0.4) is 0 Å². The molecule has 1 aromatic rings. The Kier molecular flexibility index (Phi) is 3.52. The molecule has 1 aliphatic rings. The number of rotatable bonds is 3. The van der Waals surface area contributed by atoms with E-state index in [0.717, 1.165) is 16.2 Å². The summed E-state index contributed by atoms with van der Waals surface area (Å²) in [6.07, 6.45) is 5.28. The van der Waals surface area contributed by atoms with Crippen molar-refractivity contribution in [2.45, 2.75) is 45.7 Å². The van der Waals surface area contributed by atoms with Gasteiger partial charge in [-0.3, -0.25) is 0 Å². The minimum atomic E-state index is -0.688. The fourth-order valence-corrected chi connectivity index (χ4v) is 2.79. The van der Waals surface area contributed by atoms with Crippen LogP contribution in [-0.2, 0) is 9.94 Å². The number of hydroxylamine groups is 2. The van der Waals surface area contributed by atoms with Gasteiger partial charge in [0.15, 0.2) is 0 Å². The molecule has 0 atom stereocenters. The summed E-state index contributed by atoms with van der Waals surface area (Å²) in [6, 6.07) is 0. The number of hydrogen-bond acceptors (Lipinski definition) is 3. The second-order valence-electron chi connectivity index (χ2n) is 6.07. The fourth-order valence-electron chi connectivity index (χ4n) is 2.79. The van der Waals surface area contributed by atoms with Crippen LogP contribution in [0, 0.1) is 0 Å². The number of aromatic nitrogens is 1. The summed E-state index contributed by atoms with van der Waals surface area (Å²) in [6.45, 7) is 9.55. The van der Waals surface area contributed by atoms with E-state index in [2.05, 4.69) is 4.98 Å². The van der Waals surface area contributed by atoms with Gasteiger partial charge < -0.3 is 9.72 Å². The quantitative estimate of drug-likeness (QED) is 0.864. The van der Waals surface area contributed by atoms with Crippen LogP contribution in [0.1, 0.15) is 50.5 Å². The summed E-state index contributed by atoms with van der Waals surface area (Å²) in [7, 11) is 0. The highest BCUT2D eigenvalue weighted by Gasteiger charge is 2.47. The van der Waals surface area contributed by atoms with Crippen molar-refractivity contribution in [2.24, 2.45) is 0 Å². The number of carbonyl (C=O) groups is 1. The van der Waals surface area contributed by atoms with E-state index < -0.39 is 11.1 Å². The summed E-state index contributed by atoms with van der Waals surface area (Å²) in [5, 5.41) is 13.5. The summed E-state index contributed by atoms with van der Waals surface area (Å²) in [5.74, 6) is -0.373. The molecule has 1 aliphatic heterocycles. The van der Waals surface area contributed by atoms with Crippen LogP contribution in [-0.4, -0.2) is 33.7 Å². The van der Waals surface area contributed by atoms with Crippen molar-refractivity contribution in [1.29, 1.82) is 0 Å². The Bertz CT molecular complexity index is 555. The average Bonchev–Trinajstić information content (AvgIpc) is 2.88. The van der Waals surface area contributed by atoms with Crippen molar-refractivity contribution >= 4 is 11.5 Å². The van der Waals surface area contributed by atoms with Gasteiger partial charge in [0.2, 0.25) is 0 Å². The third kappa shape index (κ3) is 2.17. The van der Waals surface area contributed by atoms with E-state index in [4.69, 9.17) is 4.74 Å². The van der Waals surface area contributed by atoms with Crippen LogP contribution in [0.4, 0.5) is 0 Å². The van der Waals surface area contributed by atoms with E-state index in [1.54, 1.807) is 19.3 Å². The molecule has 0 unspecified atom stereocenters. The molecule has 0 aromatic carbocycles. The molecule has 1 aromatic heterocycles. The molecule has 0 saturated carbocycles. The van der Waals surface area contributed by atoms with E-state index in [1.807, 2.05) is 33.8 Å². The molecule has 5 heteroatoms. The Morgan fingerprint density at radius 2 is 1.95 bits per heavy atom. The molecule has 0 bridgehead atoms. The molecule has 1 radical (unpaired) electrons. The SMILES string of the molecule is CCOC(=O)c1c[nH]cc1C1=CC(C)(C)N([O])C1(C)C. The molecule has 5 nitrogen and oxygen atoms in total. The lowest BCUT2D eigenvalue weighted by Gasteiger charge is -2.34. The topological polar surface area (TPSA) is 65.2 Å². The molecular formula is C15H21N2O3. The first-order valence-corrected chi connectivity index (χ1v) is 6.77. The highest BCUT2D eigenvalue weighted by atomic mass is 16.5. The maximum absolute atomic E-state index is 12.4. The Morgan fingerprint density at radius 1 is 1.30 bits per heavy atom. The minimum Gasteiger partial charge on any atom is -0.462 e. The number of carbonyl (C=O) groups excluding carboxylic acids is 1. The number of aromatic amines is 1. The van der Waals surface area contributed by atoms with Crippen molar-refractivity contribution < 1.29 is 14.7 Å². The third-order valence-electron chi connectivity index (χ3n) is 3.72. The van der Waals surface area contributed by atoms with Gasteiger partial charge >= 0.3 is 5.97 Å². The molecule has 20 heavy (non-hydrogen) atoms. The third-order valence-corrected chi connectivity index (χ3v) is 3.72. The van der Waals surface area contributed by atoms with Crippen LogP contribution in [0.25, 0.3) is 5.57 Å². The predicted octanol–water partition coefficient (Wildman–Crippen LogP) is 2.79. The summed E-state index contributed by atoms with van der Waals surface area (Å²) in [5.41, 5.74) is 0.772. The number of nitrogens with one attached hydrogen (secondary N) is 1. The van der Waals surface area contributed by atoms with Crippen LogP contribution < -0.4 is 0 Å². The molecule has 0 saturated heterocycles. The average molecular weight is 277 g/mol. The standard InChI is InChI=1S/C15H21N2O3/c1-6-20-13(18)11-9-16-8-10(11)12-7-14(2,3)17(19)15(12,4)5/h7-9,16H,6H2,1-5H3. The first-order chi connectivity index (χ1) is 9.21. The van der Waals surface area contributed by atoms with Crippen LogP contribution in [0.5, 0.6) is 0 Å². The van der Waals surface area contributed by atoms with E-state index >= 15 is 0 Å². The number of esters is 1. The zero-order valence-corrected chi connectivity index (χ0v) is 12.6. The molecule has 2 rings (SSSR count). The van der Waals surface area contributed by atoms with E-state index in [0.29, 0.717) is 12.2 Å². The zero-order valence-electron chi connectivity index (χ0n) is 12.6. The van der Waals surface area contributed by atoms with E-state index in [9.17, 15) is 10.0 Å². The zero-order chi connectivity index (χ0) is 15.1. The number of nitrogens with zero attached hydrogens (tertiary/aromatic N) is 1. The van der Waals surface area contributed by atoms with Gasteiger partial charge in [0.05, 0.1) is 23.2 Å². The van der Waals surface area contributed by atoms with Crippen LogP contribution in [0.15, 0.2) is 18.5 Å². The lowest BCUT2D eigenvalue weighted by Crippen LogP contribution is -2.46. The fraction of sp³-hybridized carbons (Fsp3) is 0.533. The first-order valence-electron chi connectivity index (χ1n) is 6.77. The van der Waals surface area contributed by atoms with Gasteiger partial charge in [-0.1, -0.05) is 6.08 Å². The highest BCUT2D eigenvalue weighted by Crippen LogP contribution is 2.44. The van der Waals surface area contributed by atoms with E-state index in [1.165, 1.54) is 0 Å². The van der Waals surface area contributed by atoms with Gasteiger partial charge in [-0.2, -0.15) is 0 Å². The molecule has 0 amide bonds. The normalized spacial score (nSPS) is 20.8. The van der Waals surface area contributed by atoms with E-state index in [-0.39, 0.29) is 5.97 Å². The predicted molar refractivity (Wildman–Crippen MR) is 75.4 cm³/mol. The van der Waals surface area contributed by atoms with Gasteiger partial charge in [0.25, 0.3) is 0 Å². The van der Waals surface area contributed by atoms with Gasteiger partial charge in [0.1, 0.15) is 0 Å². The summed E-state index contributed by atoms with van der Waals surface area (Å²) in [4.78, 5) is 14.9. The molecule has 2 heterocycles. The van der Waals surface area contributed by atoms with Gasteiger partial charge in [0, 0.05) is 18.0 Å². The Hall–Kier alpha value is -1.59. The smallest absolute Gasteiger partial charge is 0.340 e. The molecule has 1 N–H and O–H groups in total. The van der Waals surface area contributed by atoms with Crippen molar-refractivity contribution in [3.05, 3.63) is 29.6 Å². The second kappa shape index (κ2) is 4.75. The van der Waals surface area contributed by atoms with Gasteiger partial charge in [-0.25, -0.2) is 4.79 Å². The van der Waals surface area contributed by atoms with Crippen molar-refractivity contribution in [3.63, 3.8) is 0 Å². The first kappa shape index (κ1) is 14.8. The molecule has 0 fully saturated rings. The highest BCUT2D eigenvalue weighted by molar-refractivity contribution is 5.96. The largest absolute Gasteiger partial charge is 0.462 e. The Balaban J connectivity index is 2.48. The van der Waals surface area contributed by atoms with Crippen LogP contribution in [0.2, 0.25) is 0 Å². The maximum atomic E-state index is 12.4. The van der Waals surface area contributed by atoms with Crippen molar-refractivity contribution in [1.82, 2.24) is 10.0 Å². The summed E-state index contributed by atoms with van der Waals surface area (Å²) < 4.78 is 5.06. The molecule has 0 spiro atoms. The summed E-state index contributed by atoms with van der Waals surface area (Å²) >= 11 is 0. The lowest BCUT2D eigenvalue weighted by atomic mass is 9.89. The number of ether oxygens (including phenoxy) is 1. The van der Waals surface area contributed by atoms with Crippen molar-refractivity contribution in [3.8, 4) is 0 Å². The van der Waals surface area contributed by atoms with Crippen LogP contribution >= 0.6 is 0 Å². The molecule has 109 valence electrons. The monoisotopic (exact) mass is 277 g/mol. The van der Waals surface area contributed by atoms with Gasteiger partial charge in [-0.05, 0) is 40.2 Å². The van der Waals surface area contributed by atoms with Crippen molar-refractivity contribution in [2.75, 3.05) is 6.61 Å². The lowest BCUT2D eigenvalue weighted by molar-refractivity contribution is -0.234. The molecular weight excluding hydrogens is 256 g/mol. The maximum Gasteiger partial charge on any atom is 0.340 e.